The number of amides is 1. The third-order valence-electron chi connectivity index (χ3n) is 8.32. The lowest BCUT2D eigenvalue weighted by molar-refractivity contribution is -0.212. The molecular formula is C25H28F3N7O3. The average Bonchev–Trinajstić information content (AvgIpc) is 3.46. The maximum absolute atomic E-state index is 13.0. The van der Waals surface area contributed by atoms with Crippen LogP contribution < -0.4 is 10.5 Å². The fourth-order valence-corrected chi connectivity index (χ4v) is 6.35. The van der Waals surface area contributed by atoms with Crippen LogP contribution in [-0.4, -0.2) is 41.5 Å². The zero-order valence-electron chi connectivity index (χ0n) is 20.8. The van der Waals surface area contributed by atoms with Crippen LogP contribution in [0.4, 0.5) is 18.0 Å². The third-order valence-corrected chi connectivity index (χ3v) is 8.32. The van der Waals surface area contributed by atoms with Crippen molar-refractivity contribution in [2.75, 3.05) is 0 Å². The number of carbonyl (C=O) groups excluding carboxylic acids is 1. The predicted molar refractivity (Wildman–Crippen MR) is 126 cm³/mol. The molecule has 0 atom stereocenters. The number of ether oxygens (including phenoxy) is 2. The second kappa shape index (κ2) is 8.70. The van der Waals surface area contributed by atoms with Gasteiger partial charge in [0.1, 0.15) is 23.8 Å². The van der Waals surface area contributed by atoms with E-state index in [1.165, 1.54) is 12.1 Å². The van der Waals surface area contributed by atoms with Gasteiger partial charge < -0.3 is 19.8 Å². The quantitative estimate of drug-likeness (QED) is 0.485. The Labute approximate surface area is 216 Å². The maximum atomic E-state index is 13.0. The topological polar surface area (TPSA) is 123 Å². The molecule has 2 aromatic heterocycles. The number of nitrogens with two attached hydrogens (primary N) is 1. The van der Waals surface area contributed by atoms with Gasteiger partial charge in [-0.1, -0.05) is 11.3 Å². The first-order chi connectivity index (χ1) is 18.1. The van der Waals surface area contributed by atoms with Gasteiger partial charge >= 0.3 is 12.3 Å². The van der Waals surface area contributed by atoms with Gasteiger partial charge in [0.2, 0.25) is 0 Å². The average molecular weight is 532 g/mol. The van der Waals surface area contributed by atoms with Crippen molar-refractivity contribution in [2.45, 2.75) is 80.7 Å². The lowest BCUT2D eigenvalue weighted by Gasteiger charge is -2.67. The third kappa shape index (κ3) is 4.27. The van der Waals surface area contributed by atoms with Gasteiger partial charge in [0, 0.05) is 24.6 Å². The standard InChI is InChI=1S/C25H28F3N7O3/c1-34-20(11-37-18-4-2-3-16(9-18)25(26,27)28)31-32-21(34)15-5-7-17(8-6-15)35-10-19(30-33-35)23-12-24(13-23,14-23)38-22(29)36/h2-4,9-10,15,17H,5-8,11-14H2,1H3,(H2,29,36). The molecule has 0 radical (unpaired) electrons. The summed E-state index contributed by atoms with van der Waals surface area (Å²) in [5, 5.41) is 17.4. The smallest absolute Gasteiger partial charge is 0.416 e. The molecule has 1 aromatic carbocycles. The second-order valence-electron chi connectivity index (χ2n) is 10.9. The van der Waals surface area contributed by atoms with E-state index >= 15 is 0 Å². The summed E-state index contributed by atoms with van der Waals surface area (Å²) in [7, 11) is 1.86. The Kier molecular flexibility index (Phi) is 5.65. The summed E-state index contributed by atoms with van der Waals surface area (Å²) in [6.45, 7) is 0.0232. The number of benzene rings is 1. The predicted octanol–water partition coefficient (Wildman–Crippen LogP) is 4.17. The molecule has 10 nitrogen and oxygen atoms in total. The number of hydrogen-bond donors (Lipinski definition) is 1. The minimum Gasteiger partial charge on any atom is -0.486 e. The minimum absolute atomic E-state index is 0.0232. The van der Waals surface area contributed by atoms with Gasteiger partial charge in [-0.25, -0.2) is 9.48 Å². The molecule has 0 unspecified atom stereocenters. The molecule has 2 N–H and O–H groups in total. The number of primary amides is 1. The number of nitrogens with zero attached hydrogens (tertiary/aromatic N) is 6. The molecule has 202 valence electrons. The van der Waals surface area contributed by atoms with Crippen molar-refractivity contribution in [1.82, 2.24) is 29.8 Å². The van der Waals surface area contributed by atoms with Gasteiger partial charge in [-0.15, -0.1) is 15.3 Å². The van der Waals surface area contributed by atoms with Crippen molar-refractivity contribution in [3.05, 3.63) is 53.4 Å². The first-order valence-corrected chi connectivity index (χ1v) is 12.6. The van der Waals surface area contributed by atoms with Crippen LogP contribution in [0.25, 0.3) is 0 Å². The van der Waals surface area contributed by atoms with Crippen molar-refractivity contribution < 1.29 is 27.4 Å². The van der Waals surface area contributed by atoms with Crippen LogP contribution in [0.3, 0.4) is 0 Å². The first-order valence-electron chi connectivity index (χ1n) is 12.6. The SMILES string of the molecule is Cn1c(COc2cccc(C(F)(F)F)c2)nnc1C1CCC(n2cc(C34CC(OC(N)=O)(C3)C4)nn2)CC1. The molecule has 2 bridgehead atoms. The maximum Gasteiger partial charge on any atom is 0.416 e. The van der Waals surface area contributed by atoms with E-state index in [0.717, 1.165) is 68.6 Å². The van der Waals surface area contributed by atoms with Crippen molar-refractivity contribution in [3.8, 4) is 5.75 Å². The highest BCUT2D eigenvalue weighted by Gasteiger charge is 2.72. The van der Waals surface area contributed by atoms with Gasteiger partial charge in [0.05, 0.1) is 17.3 Å². The zero-order chi connectivity index (χ0) is 26.7. The van der Waals surface area contributed by atoms with E-state index in [0.29, 0.717) is 5.82 Å². The highest BCUT2D eigenvalue weighted by atomic mass is 19.4. The van der Waals surface area contributed by atoms with Gasteiger partial charge in [-0.05, 0) is 63.1 Å². The number of hydrogen-bond acceptors (Lipinski definition) is 7. The molecule has 13 heteroatoms. The van der Waals surface area contributed by atoms with E-state index < -0.39 is 23.4 Å². The Morgan fingerprint density at radius 1 is 1.13 bits per heavy atom. The zero-order valence-corrected chi connectivity index (χ0v) is 20.8. The van der Waals surface area contributed by atoms with Crippen LogP contribution in [0.2, 0.25) is 0 Å². The van der Waals surface area contributed by atoms with Crippen molar-refractivity contribution in [2.24, 2.45) is 12.8 Å². The Bertz CT molecular complexity index is 1340. The van der Waals surface area contributed by atoms with Gasteiger partial charge in [0.25, 0.3) is 0 Å². The van der Waals surface area contributed by atoms with E-state index in [1.807, 2.05) is 22.5 Å². The highest BCUT2D eigenvalue weighted by Crippen LogP contribution is 2.69. The van der Waals surface area contributed by atoms with Crippen LogP contribution in [0.1, 0.15) is 79.8 Å². The minimum atomic E-state index is -4.43. The van der Waals surface area contributed by atoms with Crippen molar-refractivity contribution >= 4 is 6.09 Å². The number of aromatic nitrogens is 6. The molecule has 0 aliphatic heterocycles. The molecule has 3 aromatic rings. The molecule has 2 heterocycles. The largest absolute Gasteiger partial charge is 0.486 e. The fraction of sp³-hybridized carbons (Fsp3) is 0.560. The van der Waals surface area contributed by atoms with E-state index in [1.54, 1.807) is 0 Å². The van der Waals surface area contributed by atoms with E-state index in [2.05, 4.69) is 20.5 Å². The molecule has 4 fully saturated rings. The molecule has 1 amide bonds. The Morgan fingerprint density at radius 3 is 2.55 bits per heavy atom. The number of halogens is 3. The molecule has 4 aliphatic carbocycles. The Morgan fingerprint density at radius 2 is 1.87 bits per heavy atom. The fourth-order valence-electron chi connectivity index (χ4n) is 6.35. The highest BCUT2D eigenvalue weighted by molar-refractivity contribution is 5.66. The summed E-state index contributed by atoms with van der Waals surface area (Å²) in [6, 6.07) is 5.04. The molecule has 0 spiro atoms. The van der Waals surface area contributed by atoms with Crippen LogP contribution >= 0.6 is 0 Å². The van der Waals surface area contributed by atoms with Gasteiger partial charge in [-0.3, -0.25) is 0 Å². The van der Waals surface area contributed by atoms with Crippen LogP contribution in [0.15, 0.2) is 30.5 Å². The number of carbonyl (C=O) groups is 1. The van der Waals surface area contributed by atoms with Crippen LogP contribution in [0, 0.1) is 0 Å². The number of rotatable bonds is 7. The van der Waals surface area contributed by atoms with E-state index in [-0.39, 0.29) is 29.7 Å². The summed E-state index contributed by atoms with van der Waals surface area (Å²) in [5.74, 6) is 1.75. The molecule has 4 aliphatic rings. The van der Waals surface area contributed by atoms with Crippen molar-refractivity contribution in [3.63, 3.8) is 0 Å². The second-order valence-corrected chi connectivity index (χ2v) is 10.9. The summed E-state index contributed by atoms with van der Waals surface area (Å²) >= 11 is 0. The molecule has 7 rings (SSSR count). The molecule has 38 heavy (non-hydrogen) atoms. The monoisotopic (exact) mass is 531 g/mol. The van der Waals surface area contributed by atoms with Gasteiger partial charge in [-0.2, -0.15) is 13.2 Å². The number of alkyl halides is 3. The molecule has 4 saturated carbocycles. The van der Waals surface area contributed by atoms with Crippen molar-refractivity contribution in [1.29, 1.82) is 0 Å². The summed E-state index contributed by atoms with van der Waals surface area (Å²) in [6.07, 6.45) is 2.77. The lowest BCUT2D eigenvalue weighted by atomic mass is 9.40. The van der Waals surface area contributed by atoms with Gasteiger partial charge in [0.15, 0.2) is 5.82 Å². The van der Waals surface area contributed by atoms with E-state index in [4.69, 9.17) is 15.2 Å². The Hall–Kier alpha value is -3.64. The first kappa shape index (κ1) is 24.7. The van der Waals surface area contributed by atoms with Crippen LogP contribution in [0.5, 0.6) is 5.75 Å². The normalized spacial score (nSPS) is 28.3. The summed E-state index contributed by atoms with van der Waals surface area (Å²) in [5.41, 5.74) is 4.92. The Balaban J connectivity index is 1.03. The lowest BCUT2D eigenvalue weighted by Crippen LogP contribution is -2.71. The summed E-state index contributed by atoms with van der Waals surface area (Å²) < 4.78 is 53.5. The molecular weight excluding hydrogens is 503 g/mol. The summed E-state index contributed by atoms with van der Waals surface area (Å²) in [4.78, 5) is 11.1. The van der Waals surface area contributed by atoms with Crippen LogP contribution in [-0.2, 0) is 30.0 Å². The van der Waals surface area contributed by atoms with E-state index in [9.17, 15) is 18.0 Å². The molecule has 0 saturated heterocycles.